The van der Waals surface area contributed by atoms with Crippen molar-refractivity contribution in [2.45, 2.75) is 0 Å². The van der Waals surface area contributed by atoms with Crippen LogP contribution in [0.1, 0.15) is 10.4 Å². The zero-order valence-electron chi connectivity index (χ0n) is 14.1. The number of nitrogens with one attached hydrogen (secondary N) is 2. The molecule has 1 heterocycles. The SMILES string of the molecule is O=C(N/N=C\[C@H]1C(=O)NC(=O)N(c2ccc(Br)cc2)C1=O)c1ccc(Cl)cc1. The molecule has 0 saturated carbocycles. The lowest BCUT2D eigenvalue weighted by molar-refractivity contribution is -0.131. The molecule has 5 amide bonds. The van der Waals surface area contributed by atoms with E-state index in [9.17, 15) is 19.2 Å². The topological polar surface area (TPSA) is 108 Å². The van der Waals surface area contributed by atoms with Gasteiger partial charge in [0.25, 0.3) is 11.8 Å². The Kier molecular flexibility index (Phi) is 5.86. The summed E-state index contributed by atoms with van der Waals surface area (Å²) in [5.41, 5.74) is 2.82. The average molecular weight is 464 g/mol. The zero-order valence-corrected chi connectivity index (χ0v) is 16.4. The monoisotopic (exact) mass is 462 g/mol. The predicted molar refractivity (Wildman–Crippen MR) is 106 cm³/mol. The molecule has 3 rings (SSSR count). The summed E-state index contributed by atoms with van der Waals surface area (Å²) in [7, 11) is 0. The van der Waals surface area contributed by atoms with Gasteiger partial charge in [0, 0.05) is 21.3 Å². The number of carbonyl (C=O) groups is 4. The summed E-state index contributed by atoms with van der Waals surface area (Å²) in [6.45, 7) is 0. The van der Waals surface area contributed by atoms with E-state index in [1.54, 1.807) is 36.4 Å². The minimum atomic E-state index is -1.37. The van der Waals surface area contributed by atoms with Gasteiger partial charge in [0.05, 0.1) is 5.69 Å². The van der Waals surface area contributed by atoms with Crippen molar-refractivity contribution in [3.63, 3.8) is 0 Å². The number of imide groups is 2. The van der Waals surface area contributed by atoms with Crippen LogP contribution in [-0.2, 0) is 9.59 Å². The van der Waals surface area contributed by atoms with Crippen LogP contribution in [0.25, 0.3) is 0 Å². The second-order valence-electron chi connectivity index (χ2n) is 5.65. The molecule has 1 aliphatic rings. The summed E-state index contributed by atoms with van der Waals surface area (Å²) in [6, 6.07) is 11.6. The van der Waals surface area contributed by atoms with Crippen molar-refractivity contribution in [3.05, 3.63) is 63.6 Å². The first-order valence-corrected chi connectivity index (χ1v) is 9.07. The number of rotatable bonds is 4. The number of benzene rings is 2. The molecule has 0 spiro atoms. The van der Waals surface area contributed by atoms with E-state index < -0.39 is 29.7 Å². The van der Waals surface area contributed by atoms with Crippen molar-refractivity contribution in [2.24, 2.45) is 11.0 Å². The van der Waals surface area contributed by atoms with Gasteiger partial charge in [-0.1, -0.05) is 27.5 Å². The minimum Gasteiger partial charge on any atom is -0.276 e. The molecule has 28 heavy (non-hydrogen) atoms. The molecule has 1 atom stereocenters. The highest BCUT2D eigenvalue weighted by molar-refractivity contribution is 9.10. The van der Waals surface area contributed by atoms with E-state index in [1.165, 1.54) is 12.1 Å². The quantitative estimate of drug-likeness (QED) is 0.413. The van der Waals surface area contributed by atoms with Gasteiger partial charge in [-0.2, -0.15) is 5.10 Å². The molecule has 2 N–H and O–H groups in total. The maximum atomic E-state index is 12.6. The Bertz CT molecular complexity index is 976. The number of urea groups is 1. The largest absolute Gasteiger partial charge is 0.335 e. The molecule has 8 nitrogen and oxygen atoms in total. The number of hydrogen-bond donors (Lipinski definition) is 2. The van der Waals surface area contributed by atoms with Crippen LogP contribution in [0.2, 0.25) is 5.02 Å². The normalized spacial score (nSPS) is 17.0. The number of barbiturate groups is 1. The lowest BCUT2D eigenvalue weighted by Gasteiger charge is -2.28. The maximum Gasteiger partial charge on any atom is 0.335 e. The molecule has 1 saturated heterocycles. The molecule has 2 aromatic carbocycles. The van der Waals surface area contributed by atoms with Gasteiger partial charge in [-0.15, -0.1) is 0 Å². The molecule has 0 bridgehead atoms. The summed E-state index contributed by atoms with van der Waals surface area (Å²) in [4.78, 5) is 49.6. The number of hydrazone groups is 1. The van der Waals surface area contributed by atoms with Crippen LogP contribution < -0.4 is 15.6 Å². The fourth-order valence-corrected chi connectivity index (χ4v) is 2.78. The van der Waals surface area contributed by atoms with Gasteiger partial charge in [-0.3, -0.25) is 19.7 Å². The minimum absolute atomic E-state index is 0.293. The van der Waals surface area contributed by atoms with Gasteiger partial charge in [0.15, 0.2) is 5.92 Å². The lowest BCUT2D eigenvalue weighted by Crippen LogP contribution is -2.58. The van der Waals surface area contributed by atoms with Gasteiger partial charge in [-0.05, 0) is 48.5 Å². The number of hydrogen-bond acceptors (Lipinski definition) is 5. The van der Waals surface area contributed by atoms with Gasteiger partial charge >= 0.3 is 6.03 Å². The highest BCUT2D eigenvalue weighted by Gasteiger charge is 2.40. The van der Waals surface area contributed by atoms with Crippen molar-refractivity contribution in [1.29, 1.82) is 0 Å². The van der Waals surface area contributed by atoms with E-state index in [4.69, 9.17) is 11.6 Å². The third-order valence-electron chi connectivity index (χ3n) is 3.78. The highest BCUT2D eigenvalue weighted by atomic mass is 79.9. The molecular weight excluding hydrogens is 452 g/mol. The molecular formula is C18H12BrClN4O4. The second-order valence-corrected chi connectivity index (χ2v) is 7.00. The Hall–Kier alpha value is -3.04. The van der Waals surface area contributed by atoms with Gasteiger partial charge in [0.1, 0.15) is 0 Å². The smallest absolute Gasteiger partial charge is 0.276 e. The predicted octanol–water partition coefficient (Wildman–Crippen LogP) is 2.72. The van der Waals surface area contributed by atoms with Crippen molar-refractivity contribution in [3.8, 4) is 0 Å². The van der Waals surface area contributed by atoms with Crippen LogP contribution in [-0.4, -0.2) is 30.0 Å². The Labute approximate surface area is 172 Å². The number of nitrogens with zero attached hydrogens (tertiary/aromatic N) is 2. The van der Waals surface area contributed by atoms with E-state index in [-0.39, 0.29) is 0 Å². The standard InChI is InChI=1S/C18H12BrClN4O4/c19-11-3-7-13(8-4-11)24-17(27)14(16(26)22-18(24)28)9-21-23-15(25)10-1-5-12(20)6-2-10/h1-9,14H,(H,23,25)(H,22,26,28)/b21-9-/t14-/m0/s1. The number of amides is 5. The Morgan fingerprint density at radius 3 is 2.39 bits per heavy atom. The van der Waals surface area contributed by atoms with Crippen molar-refractivity contribution < 1.29 is 19.2 Å². The summed E-state index contributed by atoms with van der Waals surface area (Å²) in [5.74, 6) is -3.52. The third kappa shape index (κ3) is 4.26. The molecule has 0 aliphatic carbocycles. The molecule has 2 aromatic rings. The van der Waals surface area contributed by atoms with Crippen LogP contribution in [0.15, 0.2) is 58.1 Å². The molecule has 0 aromatic heterocycles. The Morgan fingerprint density at radius 1 is 1.11 bits per heavy atom. The van der Waals surface area contributed by atoms with Crippen molar-refractivity contribution in [2.75, 3.05) is 4.90 Å². The van der Waals surface area contributed by atoms with Crippen LogP contribution >= 0.6 is 27.5 Å². The fraction of sp³-hybridized carbons (Fsp3) is 0.0556. The first-order valence-electron chi connectivity index (χ1n) is 7.90. The van der Waals surface area contributed by atoms with Gasteiger partial charge in [0.2, 0.25) is 5.91 Å². The maximum absolute atomic E-state index is 12.6. The second kappa shape index (κ2) is 8.32. The molecule has 1 fully saturated rings. The van der Waals surface area contributed by atoms with Crippen LogP contribution in [0.3, 0.4) is 0 Å². The summed E-state index contributed by atoms with van der Waals surface area (Å²) in [5, 5.41) is 6.25. The Morgan fingerprint density at radius 2 is 1.75 bits per heavy atom. The number of anilines is 1. The molecule has 0 radical (unpaired) electrons. The van der Waals surface area contributed by atoms with E-state index in [1.807, 2.05) is 0 Å². The molecule has 10 heteroatoms. The van der Waals surface area contributed by atoms with Gasteiger partial charge in [-0.25, -0.2) is 15.1 Å². The molecule has 142 valence electrons. The third-order valence-corrected chi connectivity index (χ3v) is 4.56. The fourth-order valence-electron chi connectivity index (χ4n) is 2.39. The number of carbonyl (C=O) groups excluding carboxylic acids is 4. The lowest BCUT2D eigenvalue weighted by atomic mass is 10.1. The first kappa shape index (κ1) is 19.7. The highest BCUT2D eigenvalue weighted by Crippen LogP contribution is 2.22. The average Bonchev–Trinajstić information content (AvgIpc) is 2.66. The van der Waals surface area contributed by atoms with Crippen LogP contribution in [0.5, 0.6) is 0 Å². The number of halogens is 2. The summed E-state index contributed by atoms with van der Waals surface area (Å²) < 4.78 is 0.764. The van der Waals surface area contributed by atoms with Crippen LogP contribution in [0.4, 0.5) is 10.5 Å². The summed E-state index contributed by atoms with van der Waals surface area (Å²) >= 11 is 9.03. The van der Waals surface area contributed by atoms with Crippen molar-refractivity contribution in [1.82, 2.24) is 10.7 Å². The van der Waals surface area contributed by atoms with Gasteiger partial charge < -0.3 is 0 Å². The van der Waals surface area contributed by atoms with E-state index in [0.29, 0.717) is 16.3 Å². The molecule has 0 unspecified atom stereocenters. The van der Waals surface area contributed by atoms with E-state index in [0.717, 1.165) is 15.6 Å². The van der Waals surface area contributed by atoms with Crippen LogP contribution in [0, 0.1) is 5.92 Å². The molecule has 1 aliphatic heterocycles. The Balaban J connectivity index is 1.74. The van der Waals surface area contributed by atoms with E-state index in [2.05, 4.69) is 31.8 Å². The summed E-state index contributed by atoms with van der Waals surface area (Å²) in [6.07, 6.45) is 0.976. The zero-order chi connectivity index (χ0) is 20.3. The first-order chi connectivity index (χ1) is 13.4. The van der Waals surface area contributed by atoms with Crippen molar-refractivity contribution >= 4 is 63.2 Å². The van der Waals surface area contributed by atoms with E-state index >= 15 is 0 Å².